The topological polar surface area (TPSA) is 96.6 Å². The molecule has 8 heteroatoms. The van der Waals surface area contributed by atoms with Crippen molar-refractivity contribution in [3.05, 3.63) is 71.9 Å². The zero-order valence-electron chi connectivity index (χ0n) is 18.8. The van der Waals surface area contributed by atoms with Gasteiger partial charge in [-0.05, 0) is 36.6 Å². The van der Waals surface area contributed by atoms with Crippen LogP contribution >= 0.6 is 0 Å². The molecule has 1 aromatic heterocycles. The quantitative estimate of drug-likeness (QED) is 0.558. The van der Waals surface area contributed by atoms with Crippen LogP contribution < -0.4 is 10.1 Å². The Balaban J connectivity index is 1.37. The molecule has 1 aliphatic rings. The van der Waals surface area contributed by atoms with Gasteiger partial charge in [0, 0.05) is 30.3 Å². The normalized spacial score (nSPS) is 15.0. The SMILES string of the molecule is COC(=O)[C@H](NC(=O)N1CCC(c2cc(-c3cccc(OC)c3)n[nH]2)CC1)c1ccccc1. The van der Waals surface area contributed by atoms with E-state index in [0.717, 1.165) is 35.5 Å². The molecule has 2 N–H and O–H groups in total. The van der Waals surface area contributed by atoms with Gasteiger partial charge in [0.15, 0.2) is 6.04 Å². The van der Waals surface area contributed by atoms with Crippen molar-refractivity contribution in [3.63, 3.8) is 0 Å². The first kappa shape index (κ1) is 22.4. The van der Waals surface area contributed by atoms with Crippen molar-refractivity contribution in [2.24, 2.45) is 0 Å². The number of esters is 1. The summed E-state index contributed by atoms with van der Waals surface area (Å²) >= 11 is 0. The molecule has 1 atom stereocenters. The molecule has 0 bridgehead atoms. The largest absolute Gasteiger partial charge is 0.497 e. The van der Waals surface area contributed by atoms with Gasteiger partial charge < -0.3 is 19.7 Å². The summed E-state index contributed by atoms with van der Waals surface area (Å²) in [6.07, 6.45) is 1.61. The van der Waals surface area contributed by atoms with Gasteiger partial charge in [-0.1, -0.05) is 42.5 Å². The first-order valence-electron chi connectivity index (χ1n) is 11.0. The molecule has 1 saturated heterocycles. The van der Waals surface area contributed by atoms with Gasteiger partial charge in [-0.25, -0.2) is 9.59 Å². The number of benzene rings is 2. The standard InChI is InChI=1S/C25H28N4O4/c1-32-20-10-6-9-19(15-20)22-16-21(27-28-22)17-11-13-29(14-12-17)25(31)26-23(24(30)33-2)18-7-4-3-5-8-18/h3-10,15-17,23H,11-14H2,1-2H3,(H,26,31)(H,27,28)/t23-/m1/s1. The third-order valence-corrected chi connectivity index (χ3v) is 6.02. The second-order valence-corrected chi connectivity index (χ2v) is 8.02. The number of aromatic amines is 1. The highest BCUT2D eigenvalue weighted by Gasteiger charge is 2.29. The first-order chi connectivity index (χ1) is 16.1. The lowest BCUT2D eigenvalue weighted by molar-refractivity contribution is -0.143. The molecule has 2 aromatic carbocycles. The Hall–Kier alpha value is -3.81. The van der Waals surface area contributed by atoms with Crippen LogP contribution in [0.25, 0.3) is 11.3 Å². The molecule has 2 amide bonds. The lowest BCUT2D eigenvalue weighted by atomic mass is 9.93. The second-order valence-electron chi connectivity index (χ2n) is 8.02. The predicted molar refractivity (Wildman–Crippen MR) is 124 cm³/mol. The van der Waals surface area contributed by atoms with Crippen molar-refractivity contribution in [3.8, 4) is 17.0 Å². The van der Waals surface area contributed by atoms with Crippen LogP contribution in [-0.2, 0) is 9.53 Å². The lowest BCUT2D eigenvalue weighted by Crippen LogP contribution is -2.47. The van der Waals surface area contributed by atoms with Crippen molar-refractivity contribution >= 4 is 12.0 Å². The third-order valence-electron chi connectivity index (χ3n) is 6.02. The average molecular weight is 449 g/mol. The molecule has 0 spiro atoms. The lowest BCUT2D eigenvalue weighted by Gasteiger charge is -2.32. The summed E-state index contributed by atoms with van der Waals surface area (Å²) in [6.45, 7) is 1.18. The number of carbonyl (C=O) groups is 2. The van der Waals surface area contributed by atoms with E-state index in [0.29, 0.717) is 18.7 Å². The Bertz CT molecular complexity index is 1090. The molecule has 1 aliphatic heterocycles. The molecule has 33 heavy (non-hydrogen) atoms. The van der Waals surface area contributed by atoms with Gasteiger partial charge in [0.25, 0.3) is 0 Å². The van der Waals surface area contributed by atoms with Gasteiger partial charge in [0.2, 0.25) is 0 Å². The molecule has 0 unspecified atom stereocenters. The van der Waals surface area contributed by atoms with Gasteiger partial charge in [0.1, 0.15) is 5.75 Å². The van der Waals surface area contributed by atoms with E-state index in [1.165, 1.54) is 7.11 Å². The number of methoxy groups -OCH3 is 2. The van der Waals surface area contributed by atoms with Crippen LogP contribution in [0.15, 0.2) is 60.7 Å². The number of nitrogens with zero attached hydrogens (tertiary/aromatic N) is 2. The fraction of sp³-hybridized carbons (Fsp3) is 0.320. The molecule has 1 fully saturated rings. The Labute approximate surface area is 192 Å². The van der Waals surface area contributed by atoms with Crippen LogP contribution in [0.3, 0.4) is 0 Å². The molecule has 3 aromatic rings. The van der Waals surface area contributed by atoms with Crippen molar-refractivity contribution in [1.29, 1.82) is 0 Å². The Morgan fingerprint density at radius 2 is 1.82 bits per heavy atom. The number of H-pyrrole nitrogens is 1. The number of urea groups is 1. The highest BCUT2D eigenvalue weighted by atomic mass is 16.5. The summed E-state index contributed by atoms with van der Waals surface area (Å²) in [5.74, 6) is 0.579. The Morgan fingerprint density at radius 3 is 2.52 bits per heavy atom. The summed E-state index contributed by atoms with van der Waals surface area (Å²) in [6, 6.07) is 17.9. The number of aromatic nitrogens is 2. The predicted octanol–water partition coefficient (Wildman–Crippen LogP) is 3.89. The second kappa shape index (κ2) is 10.2. The number of nitrogens with one attached hydrogen (secondary N) is 2. The highest BCUT2D eigenvalue weighted by Crippen LogP contribution is 2.30. The number of ether oxygens (including phenoxy) is 2. The summed E-state index contributed by atoms with van der Waals surface area (Å²) in [5, 5.41) is 10.5. The molecule has 0 radical (unpaired) electrons. The van der Waals surface area contributed by atoms with Crippen molar-refractivity contribution in [2.45, 2.75) is 24.8 Å². The first-order valence-corrected chi connectivity index (χ1v) is 11.0. The summed E-state index contributed by atoms with van der Waals surface area (Å²) < 4.78 is 10.2. The Kier molecular flexibility index (Phi) is 6.92. The van der Waals surface area contributed by atoms with Crippen LogP contribution in [0.1, 0.15) is 36.1 Å². The summed E-state index contributed by atoms with van der Waals surface area (Å²) in [4.78, 5) is 26.9. The fourth-order valence-electron chi connectivity index (χ4n) is 4.13. The highest BCUT2D eigenvalue weighted by molar-refractivity contribution is 5.84. The number of hydrogen-bond donors (Lipinski definition) is 2. The van der Waals surface area contributed by atoms with Crippen molar-refractivity contribution in [2.75, 3.05) is 27.3 Å². The molecular formula is C25H28N4O4. The maximum Gasteiger partial charge on any atom is 0.333 e. The van der Waals surface area contributed by atoms with Crippen LogP contribution in [0.5, 0.6) is 5.75 Å². The number of carbonyl (C=O) groups excluding carboxylic acids is 2. The zero-order chi connectivity index (χ0) is 23.2. The van der Waals surface area contributed by atoms with E-state index in [1.54, 1.807) is 24.1 Å². The van der Waals surface area contributed by atoms with Crippen LogP contribution in [0.4, 0.5) is 4.79 Å². The maximum atomic E-state index is 12.9. The minimum absolute atomic E-state index is 0.269. The monoisotopic (exact) mass is 448 g/mol. The van der Waals surface area contributed by atoms with Gasteiger partial charge >= 0.3 is 12.0 Å². The van der Waals surface area contributed by atoms with Crippen molar-refractivity contribution in [1.82, 2.24) is 20.4 Å². The van der Waals surface area contributed by atoms with E-state index in [9.17, 15) is 9.59 Å². The molecular weight excluding hydrogens is 420 g/mol. The third kappa shape index (κ3) is 5.16. The van der Waals surface area contributed by atoms with E-state index in [1.807, 2.05) is 42.5 Å². The summed E-state index contributed by atoms with van der Waals surface area (Å²) in [5.41, 5.74) is 3.61. The minimum Gasteiger partial charge on any atom is -0.497 e. The molecule has 172 valence electrons. The van der Waals surface area contributed by atoms with Crippen LogP contribution in [0, 0.1) is 0 Å². The number of hydrogen-bond acceptors (Lipinski definition) is 5. The number of likely N-dealkylation sites (tertiary alicyclic amines) is 1. The molecule has 0 aliphatic carbocycles. The van der Waals surface area contributed by atoms with Gasteiger partial charge in [-0.3, -0.25) is 5.10 Å². The molecule has 0 saturated carbocycles. The van der Waals surface area contributed by atoms with E-state index in [4.69, 9.17) is 9.47 Å². The van der Waals surface area contributed by atoms with E-state index < -0.39 is 12.0 Å². The smallest absolute Gasteiger partial charge is 0.333 e. The van der Waals surface area contributed by atoms with E-state index >= 15 is 0 Å². The van der Waals surface area contributed by atoms with Crippen LogP contribution in [0.2, 0.25) is 0 Å². The minimum atomic E-state index is -0.834. The molecule has 2 heterocycles. The molecule has 8 nitrogen and oxygen atoms in total. The van der Waals surface area contributed by atoms with E-state index in [-0.39, 0.29) is 11.9 Å². The number of rotatable bonds is 6. The Morgan fingerprint density at radius 1 is 1.06 bits per heavy atom. The zero-order valence-corrected chi connectivity index (χ0v) is 18.8. The molecule has 4 rings (SSSR count). The van der Waals surface area contributed by atoms with Gasteiger partial charge in [0.05, 0.1) is 19.9 Å². The number of piperidine rings is 1. The summed E-state index contributed by atoms with van der Waals surface area (Å²) in [7, 11) is 2.96. The average Bonchev–Trinajstić information content (AvgIpc) is 3.38. The number of amides is 2. The fourth-order valence-corrected chi connectivity index (χ4v) is 4.13. The maximum absolute atomic E-state index is 12.9. The van der Waals surface area contributed by atoms with Gasteiger partial charge in [-0.15, -0.1) is 0 Å². The van der Waals surface area contributed by atoms with Gasteiger partial charge in [-0.2, -0.15) is 5.10 Å². The van der Waals surface area contributed by atoms with Crippen molar-refractivity contribution < 1.29 is 19.1 Å². The van der Waals surface area contributed by atoms with E-state index in [2.05, 4.69) is 21.6 Å². The van der Waals surface area contributed by atoms with Crippen LogP contribution in [-0.4, -0.2) is 54.4 Å².